The monoisotopic (exact) mass is 288 g/mol. The lowest BCUT2D eigenvalue weighted by Gasteiger charge is -2.07. The zero-order chi connectivity index (χ0) is 15.1. The van der Waals surface area contributed by atoms with E-state index in [2.05, 4.69) is 5.32 Å². The van der Waals surface area contributed by atoms with Gasteiger partial charge < -0.3 is 15.8 Å². The normalized spacial score (nSPS) is 10.3. The second-order valence-corrected chi connectivity index (χ2v) is 4.57. The lowest BCUT2D eigenvalue weighted by molar-refractivity contribution is -0.117. The van der Waals surface area contributed by atoms with Crippen LogP contribution in [0.25, 0.3) is 0 Å². The van der Waals surface area contributed by atoms with Gasteiger partial charge in [0, 0.05) is 16.9 Å². The molecular weight excluding hydrogens is 271 g/mol. The maximum atomic E-state index is 13.3. The number of benzene rings is 2. The van der Waals surface area contributed by atoms with Crippen molar-refractivity contribution in [3.63, 3.8) is 0 Å². The number of hydrogen-bond donors (Lipinski definition) is 2. The number of anilines is 2. The highest BCUT2D eigenvalue weighted by Crippen LogP contribution is 2.12. The maximum absolute atomic E-state index is 13.3. The van der Waals surface area contributed by atoms with Gasteiger partial charge in [0.05, 0.1) is 19.6 Å². The molecule has 5 heteroatoms. The number of nitrogens with two attached hydrogens (primary N) is 1. The molecule has 3 N–H and O–H groups in total. The smallest absolute Gasteiger partial charge is 0.226 e. The summed E-state index contributed by atoms with van der Waals surface area (Å²) in [5, 5.41) is 2.72. The molecule has 0 aliphatic carbocycles. The van der Waals surface area contributed by atoms with Crippen molar-refractivity contribution in [2.24, 2.45) is 0 Å². The number of nitrogens with one attached hydrogen (secondary N) is 1. The molecule has 2 rings (SSSR count). The number of carbonyl (C=O) groups is 1. The van der Waals surface area contributed by atoms with Gasteiger partial charge in [-0.25, -0.2) is 4.39 Å². The molecule has 0 atom stereocenters. The summed E-state index contributed by atoms with van der Waals surface area (Å²) in [6.45, 7) is 0.376. The van der Waals surface area contributed by atoms with Crippen LogP contribution in [0.1, 0.15) is 12.0 Å². The summed E-state index contributed by atoms with van der Waals surface area (Å²) >= 11 is 0. The summed E-state index contributed by atoms with van der Waals surface area (Å²) in [7, 11) is 0. The second-order valence-electron chi connectivity index (χ2n) is 4.57. The predicted molar refractivity (Wildman–Crippen MR) is 80.2 cm³/mol. The molecule has 2 aromatic rings. The first-order valence-electron chi connectivity index (χ1n) is 6.61. The van der Waals surface area contributed by atoms with E-state index in [0.717, 1.165) is 0 Å². The zero-order valence-corrected chi connectivity index (χ0v) is 11.5. The molecule has 110 valence electrons. The Morgan fingerprint density at radius 2 is 2.00 bits per heavy atom. The lowest BCUT2D eigenvalue weighted by atomic mass is 10.2. The van der Waals surface area contributed by atoms with E-state index in [9.17, 15) is 9.18 Å². The van der Waals surface area contributed by atoms with Gasteiger partial charge in [-0.1, -0.05) is 24.3 Å². The third kappa shape index (κ3) is 4.89. The molecule has 0 bridgehead atoms. The van der Waals surface area contributed by atoms with Crippen LogP contribution >= 0.6 is 0 Å². The highest BCUT2D eigenvalue weighted by molar-refractivity contribution is 5.91. The summed E-state index contributed by atoms with van der Waals surface area (Å²) in [6.07, 6.45) is 0.198. The highest BCUT2D eigenvalue weighted by Gasteiger charge is 2.04. The van der Waals surface area contributed by atoms with Gasteiger partial charge in [-0.05, 0) is 24.3 Å². The van der Waals surface area contributed by atoms with Crippen LogP contribution in [0.2, 0.25) is 0 Å². The van der Waals surface area contributed by atoms with Crippen LogP contribution in [-0.2, 0) is 16.1 Å². The maximum Gasteiger partial charge on any atom is 0.226 e. The van der Waals surface area contributed by atoms with Crippen molar-refractivity contribution in [3.8, 4) is 0 Å². The third-order valence-electron chi connectivity index (χ3n) is 2.86. The minimum atomic E-state index is -0.304. The molecular formula is C16H17FN2O2. The SMILES string of the molecule is Nc1cccc(NC(=O)CCOCc2ccccc2F)c1. The Labute approximate surface area is 122 Å². The van der Waals surface area contributed by atoms with Crippen molar-refractivity contribution in [3.05, 3.63) is 59.9 Å². The fourth-order valence-corrected chi connectivity index (χ4v) is 1.80. The number of ether oxygens (including phenoxy) is 1. The summed E-state index contributed by atoms with van der Waals surface area (Å²) in [4.78, 5) is 11.7. The highest BCUT2D eigenvalue weighted by atomic mass is 19.1. The van der Waals surface area contributed by atoms with Crippen LogP contribution in [-0.4, -0.2) is 12.5 Å². The molecule has 0 saturated carbocycles. The molecule has 0 aromatic heterocycles. The number of rotatable bonds is 6. The Balaban J connectivity index is 1.71. The van der Waals surface area contributed by atoms with Crippen LogP contribution in [0.5, 0.6) is 0 Å². The summed E-state index contributed by atoms with van der Waals surface area (Å²) in [5.41, 5.74) is 7.34. The first-order chi connectivity index (χ1) is 10.1. The van der Waals surface area contributed by atoms with Gasteiger partial charge in [0.15, 0.2) is 0 Å². The van der Waals surface area contributed by atoms with E-state index in [1.54, 1.807) is 42.5 Å². The lowest BCUT2D eigenvalue weighted by Crippen LogP contribution is -2.14. The minimum Gasteiger partial charge on any atom is -0.399 e. The topological polar surface area (TPSA) is 64.3 Å². The van der Waals surface area contributed by atoms with E-state index < -0.39 is 0 Å². The van der Waals surface area contributed by atoms with E-state index in [1.807, 2.05) is 0 Å². The molecule has 0 aliphatic rings. The standard InChI is InChI=1S/C16H17FN2O2/c17-15-7-2-1-4-12(15)11-21-9-8-16(20)19-14-6-3-5-13(18)10-14/h1-7,10H,8-9,11,18H2,(H,19,20). The van der Waals surface area contributed by atoms with Crippen molar-refractivity contribution in [2.75, 3.05) is 17.7 Å². The zero-order valence-electron chi connectivity index (χ0n) is 11.5. The van der Waals surface area contributed by atoms with E-state index in [1.165, 1.54) is 6.07 Å². The van der Waals surface area contributed by atoms with E-state index in [-0.39, 0.29) is 31.4 Å². The van der Waals surface area contributed by atoms with E-state index in [0.29, 0.717) is 16.9 Å². The Hall–Kier alpha value is -2.40. The molecule has 1 amide bonds. The first kappa shape index (κ1) is 15.0. The van der Waals surface area contributed by atoms with Crippen molar-refractivity contribution in [2.45, 2.75) is 13.0 Å². The molecule has 0 spiro atoms. The molecule has 0 radical (unpaired) electrons. The fourth-order valence-electron chi connectivity index (χ4n) is 1.80. The number of halogens is 1. The van der Waals surface area contributed by atoms with Gasteiger partial charge in [0.2, 0.25) is 5.91 Å². The molecule has 0 fully saturated rings. The van der Waals surface area contributed by atoms with Crippen molar-refractivity contribution >= 4 is 17.3 Å². The fraction of sp³-hybridized carbons (Fsp3) is 0.188. The molecule has 4 nitrogen and oxygen atoms in total. The Morgan fingerprint density at radius 3 is 2.76 bits per heavy atom. The number of carbonyl (C=O) groups excluding carboxylic acids is 1. The van der Waals surface area contributed by atoms with Gasteiger partial charge in [-0.3, -0.25) is 4.79 Å². The molecule has 0 heterocycles. The van der Waals surface area contributed by atoms with Crippen molar-refractivity contribution in [1.29, 1.82) is 0 Å². The Morgan fingerprint density at radius 1 is 1.19 bits per heavy atom. The van der Waals surface area contributed by atoms with Gasteiger partial charge in [-0.15, -0.1) is 0 Å². The third-order valence-corrected chi connectivity index (χ3v) is 2.86. The average Bonchev–Trinajstić information content (AvgIpc) is 2.45. The summed E-state index contributed by atoms with van der Waals surface area (Å²) < 4.78 is 18.6. The van der Waals surface area contributed by atoms with Crippen LogP contribution in [0.3, 0.4) is 0 Å². The molecule has 2 aromatic carbocycles. The minimum absolute atomic E-state index is 0.151. The van der Waals surface area contributed by atoms with Gasteiger partial charge in [0.1, 0.15) is 5.82 Å². The Kier molecular flexibility index (Phi) is 5.29. The largest absolute Gasteiger partial charge is 0.399 e. The van der Waals surface area contributed by atoms with Gasteiger partial charge in [0.25, 0.3) is 0 Å². The molecule has 0 aliphatic heterocycles. The quantitative estimate of drug-likeness (QED) is 0.634. The summed E-state index contributed by atoms with van der Waals surface area (Å²) in [6, 6.07) is 13.3. The second kappa shape index (κ2) is 7.40. The van der Waals surface area contributed by atoms with Crippen LogP contribution in [0.15, 0.2) is 48.5 Å². The van der Waals surface area contributed by atoms with Crippen molar-refractivity contribution < 1.29 is 13.9 Å². The summed E-state index contributed by atoms with van der Waals surface area (Å²) in [5.74, 6) is -0.476. The number of amides is 1. The van der Waals surface area contributed by atoms with E-state index in [4.69, 9.17) is 10.5 Å². The first-order valence-corrected chi connectivity index (χ1v) is 6.61. The molecule has 0 saturated heterocycles. The van der Waals surface area contributed by atoms with Crippen LogP contribution in [0.4, 0.5) is 15.8 Å². The van der Waals surface area contributed by atoms with Crippen LogP contribution < -0.4 is 11.1 Å². The number of hydrogen-bond acceptors (Lipinski definition) is 3. The average molecular weight is 288 g/mol. The predicted octanol–water partition coefficient (Wildman–Crippen LogP) is 2.95. The molecule has 21 heavy (non-hydrogen) atoms. The van der Waals surface area contributed by atoms with Crippen molar-refractivity contribution in [1.82, 2.24) is 0 Å². The Bertz CT molecular complexity index is 617. The number of nitrogen functional groups attached to an aromatic ring is 1. The molecule has 0 unspecified atom stereocenters. The van der Waals surface area contributed by atoms with E-state index >= 15 is 0 Å². The van der Waals surface area contributed by atoms with Gasteiger partial charge in [-0.2, -0.15) is 0 Å². The van der Waals surface area contributed by atoms with Crippen LogP contribution in [0, 0.1) is 5.82 Å². The van der Waals surface area contributed by atoms with Gasteiger partial charge >= 0.3 is 0 Å².